The fraction of sp³-hybridized carbons (Fsp3) is 0.400. The van der Waals surface area contributed by atoms with Gasteiger partial charge < -0.3 is 14.5 Å². The van der Waals surface area contributed by atoms with Gasteiger partial charge in [-0.15, -0.1) is 0 Å². The number of nitrogens with one attached hydrogen (secondary N) is 1. The standard InChI is InChI=1S/C15H17NO3S/c17-14(12-1-5-19-9-12)16-11-15(3-6-18-7-4-15)13-2-8-20-10-13/h1-2,5,8-10H,3-4,6-7,11H2,(H,16,17). The molecule has 2 aromatic rings. The van der Waals surface area contributed by atoms with Crippen LogP contribution in [0.25, 0.3) is 0 Å². The second kappa shape index (κ2) is 5.81. The molecular formula is C15H17NO3S. The lowest BCUT2D eigenvalue weighted by Gasteiger charge is -2.37. The second-order valence-corrected chi connectivity index (χ2v) is 5.88. The minimum atomic E-state index is -0.0835. The molecule has 1 amide bonds. The molecule has 2 aromatic heterocycles. The Kier molecular flexibility index (Phi) is 3.89. The predicted molar refractivity (Wildman–Crippen MR) is 77.1 cm³/mol. The van der Waals surface area contributed by atoms with Crippen molar-refractivity contribution >= 4 is 17.2 Å². The van der Waals surface area contributed by atoms with Crippen LogP contribution in [0.4, 0.5) is 0 Å². The lowest BCUT2D eigenvalue weighted by Crippen LogP contribution is -2.44. The molecule has 0 saturated carbocycles. The molecule has 4 nitrogen and oxygen atoms in total. The van der Waals surface area contributed by atoms with Crippen LogP contribution in [0.5, 0.6) is 0 Å². The zero-order valence-corrected chi connectivity index (χ0v) is 11.9. The van der Waals surface area contributed by atoms with Gasteiger partial charge in [-0.25, -0.2) is 0 Å². The van der Waals surface area contributed by atoms with Gasteiger partial charge in [-0.1, -0.05) is 0 Å². The molecule has 20 heavy (non-hydrogen) atoms. The number of hydrogen-bond donors (Lipinski definition) is 1. The molecule has 0 aliphatic carbocycles. The molecule has 0 spiro atoms. The van der Waals surface area contributed by atoms with E-state index >= 15 is 0 Å². The third-order valence-electron chi connectivity index (χ3n) is 3.95. The zero-order chi connectivity index (χ0) is 13.8. The van der Waals surface area contributed by atoms with Gasteiger partial charge in [-0.3, -0.25) is 4.79 Å². The van der Waals surface area contributed by atoms with Crippen molar-refractivity contribution in [2.45, 2.75) is 18.3 Å². The molecule has 1 N–H and O–H groups in total. The highest BCUT2D eigenvalue weighted by molar-refractivity contribution is 7.08. The first-order valence-corrected chi connectivity index (χ1v) is 7.65. The van der Waals surface area contributed by atoms with E-state index in [4.69, 9.17) is 9.15 Å². The van der Waals surface area contributed by atoms with Gasteiger partial charge in [0.05, 0.1) is 11.8 Å². The number of amides is 1. The van der Waals surface area contributed by atoms with E-state index < -0.39 is 0 Å². The maximum Gasteiger partial charge on any atom is 0.254 e. The topological polar surface area (TPSA) is 51.5 Å². The Labute approximate surface area is 121 Å². The molecule has 1 aliphatic heterocycles. The molecule has 3 rings (SSSR count). The van der Waals surface area contributed by atoms with Crippen molar-refractivity contribution in [3.8, 4) is 0 Å². The van der Waals surface area contributed by atoms with Crippen LogP contribution in [0.1, 0.15) is 28.8 Å². The summed E-state index contributed by atoms with van der Waals surface area (Å²) in [4.78, 5) is 12.1. The summed E-state index contributed by atoms with van der Waals surface area (Å²) in [6.07, 6.45) is 4.86. The highest BCUT2D eigenvalue weighted by Gasteiger charge is 2.35. The second-order valence-electron chi connectivity index (χ2n) is 5.10. The van der Waals surface area contributed by atoms with Crippen LogP contribution in [0.15, 0.2) is 39.8 Å². The number of ether oxygens (including phenoxy) is 1. The van der Waals surface area contributed by atoms with Crippen LogP contribution >= 0.6 is 11.3 Å². The van der Waals surface area contributed by atoms with E-state index in [0.717, 1.165) is 26.1 Å². The Bertz CT molecular complexity index is 542. The third kappa shape index (κ3) is 2.64. The normalized spacial score (nSPS) is 17.8. The number of rotatable bonds is 4. The summed E-state index contributed by atoms with van der Waals surface area (Å²) >= 11 is 1.70. The van der Waals surface area contributed by atoms with Crippen LogP contribution in [0.3, 0.4) is 0 Å². The first-order chi connectivity index (χ1) is 9.80. The Morgan fingerprint density at radius 2 is 2.20 bits per heavy atom. The molecule has 3 heterocycles. The summed E-state index contributed by atoms with van der Waals surface area (Å²) in [6, 6.07) is 3.83. The van der Waals surface area contributed by atoms with Crippen molar-refractivity contribution in [2.75, 3.05) is 19.8 Å². The lowest BCUT2D eigenvalue weighted by molar-refractivity contribution is 0.0488. The first-order valence-electron chi connectivity index (χ1n) is 6.71. The Morgan fingerprint density at radius 3 is 2.85 bits per heavy atom. The van der Waals surface area contributed by atoms with Crippen LogP contribution < -0.4 is 5.32 Å². The van der Waals surface area contributed by atoms with E-state index in [1.807, 2.05) is 0 Å². The quantitative estimate of drug-likeness (QED) is 0.942. The maximum atomic E-state index is 12.1. The summed E-state index contributed by atoms with van der Waals surface area (Å²) in [6.45, 7) is 2.13. The Morgan fingerprint density at radius 1 is 1.35 bits per heavy atom. The zero-order valence-electron chi connectivity index (χ0n) is 11.1. The van der Waals surface area contributed by atoms with Gasteiger partial charge in [-0.05, 0) is 41.3 Å². The molecule has 1 fully saturated rings. The molecule has 5 heteroatoms. The highest BCUT2D eigenvalue weighted by atomic mass is 32.1. The van der Waals surface area contributed by atoms with E-state index in [9.17, 15) is 4.79 Å². The van der Waals surface area contributed by atoms with Crippen molar-refractivity contribution in [2.24, 2.45) is 0 Å². The number of furan rings is 1. The predicted octanol–water partition coefficient (Wildman–Crippen LogP) is 2.82. The fourth-order valence-electron chi connectivity index (χ4n) is 2.64. The van der Waals surface area contributed by atoms with Crippen LogP contribution in [0.2, 0.25) is 0 Å². The van der Waals surface area contributed by atoms with Gasteiger partial charge in [0.1, 0.15) is 6.26 Å². The molecular weight excluding hydrogens is 274 g/mol. The SMILES string of the molecule is O=C(NCC1(c2ccsc2)CCOCC1)c1ccoc1. The minimum absolute atomic E-state index is 0.00234. The summed E-state index contributed by atoms with van der Waals surface area (Å²) in [5.74, 6) is -0.0835. The van der Waals surface area contributed by atoms with E-state index in [1.54, 1.807) is 17.4 Å². The van der Waals surface area contributed by atoms with Crippen molar-refractivity contribution in [1.29, 1.82) is 0 Å². The van der Waals surface area contributed by atoms with Crippen molar-refractivity contribution in [3.05, 3.63) is 46.5 Å². The number of thiophene rings is 1. The van der Waals surface area contributed by atoms with Crippen LogP contribution in [0, 0.1) is 0 Å². The lowest BCUT2D eigenvalue weighted by atomic mass is 9.75. The average molecular weight is 291 g/mol. The van der Waals surface area contributed by atoms with Gasteiger partial charge in [0.15, 0.2) is 0 Å². The maximum absolute atomic E-state index is 12.1. The first kappa shape index (κ1) is 13.4. The molecule has 1 aliphatic rings. The number of carbonyl (C=O) groups excluding carboxylic acids is 1. The van der Waals surface area contributed by atoms with Gasteiger partial charge in [0, 0.05) is 25.2 Å². The number of carbonyl (C=O) groups is 1. The van der Waals surface area contributed by atoms with Crippen molar-refractivity contribution in [1.82, 2.24) is 5.32 Å². The molecule has 0 aromatic carbocycles. The van der Waals surface area contributed by atoms with Gasteiger partial charge in [0.25, 0.3) is 5.91 Å². The van der Waals surface area contributed by atoms with Crippen LogP contribution in [-0.4, -0.2) is 25.7 Å². The Hall–Kier alpha value is -1.59. The monoisotopic (exact) mass is 291 g/mol. The highest BCUT2D eigenvalue weighted by Crippen LogP contribution is 2.35. The van der Waals surface area contributed by atoms with Crippen molar-refractivity contribution < 1.29 is 13.9 Å². The third-order valence-corrected chi connectivity index (χ3v) is 4.64. The van der Waals surface area contributed by atoms with E-state index in [-0.39, 0.29) is 11.3 Å². The van der Waals surface area contributed by atoms with E-state index in [2.05, 4.69) is 22.1 Å². The summed E-state index contributed by atoms with van der Waals surface area (Å²) in [7, 11) is 0. The summed E-state index contributed by atoms with van der Waals surface area (Å²) in [5.41, 5.74) is 1.87. The molecule has 0 atom stereocenters. The Balaban J connectivity index is 1.72. The molecule has 1 saturated heterocycles. The molecule has 106 valence electrons. The van der Waals surface area contributed by atoms with Gasteiger partial charge >= 0.3 is 0 Å². The van der Waals surface area contributed by atoms with E-state index in [0.29, 0.717) is 12.1 Å². The van der Waals surface area contributed by atoms with Crippen LogP contribution in [-0.2, 0) is 10.2 Å². The van der Waals surface area contributed by atoms with Gasteiger partial charge in [-0.2, -0.15) is 11.3 Å². The minimum Gasteiger partial charge on any atom is -0.472 e. The van der Waals surface area contributed by atoms with Crippen molar-refractivity contribution in [3.63, 3.8) is 0 Å². The fourth-order valence-corrected chi connectivity index (χ4v) is 3.42. The van der Waals surface area contributed by atoms with Gasteiger partial charge in [0.2, 0.25) is 0 Å². The summed E-state index contributed by atoms with van der Waals surface area (Å²) < 4.78 is 10.4. The number of hydrogen-bond acceptors (Lipinski definition) is 4. The molecule has 0 unspecified atom stereocenters. The molecule has 0 bridgehead atoms. The van der Waals surface area contributed by atoms with E-state index in [1.165, 1.54) is 18.1 Å². The average Bonchev–Trinajstić information content (AvgIpc) is 3.18. The molecule has 0 radical (unpaired) electrons. The largest absolute Gasteiger partial charge is 0.472 e. The summed E-state index contributed by atoms with van der Waals surface area (Å²) in [5, 5.41) is 7.30. The smallest absolute Gasteiger partial charge is 0.254 e.